The number of rotatable bonds is 7. The van der Waals surface area contributed by atoms with Gasteiger partial charge in [0, 0.05) is 20.1 Å². The van der Waals surface area contributed by atoms with Crippen LogP contribution >= 0.6 is 15.9 Å². The van der Waals surface area contributed by atoms with E-state index in [9.17, 15) is 4.79 Å². The number of hydrogen-bond donors (Lipinski definition) is 2. The largest absolute Gasteiger partial charge is 0.355 e. The molecule has 0 saturated carbocycles. The summed E-state index contributed by atoms with van der Waals surface area (Å²) in [4.78, 5) is 11.6. The van der Waals surface area contributed by atoms with Crippen LogP contribution in [0.1, 0.15) is 32.2 Å². The van der Waals surface area contributed by atoms with E-state index in [1.165, 1.54) is 0 Å². The van der Waals surface area contributed by atoms with Crippen LogP contribution in [0.5, 0.6) is 0 Å². The van der Waals surface area contributed by atoms with Gasteiger partial charge in [0.05, 0.1) is 22.4 Å². The van der Waals surface area contributed by atoms with E-state index in [-0.39, 0.29) is 5.91 Å². The molecule has 2 N–H and O–H groups in total. The first-order chi connectivity index (χ1) is 8.95. The Morgan fingerprint density at radius 1 is 1.47 bits per heavy atom. The fourth-order valence-corrected chi connectivity index (χ4v) is 2.44. The van der Waals surface area contributed by atoms with Gasteiger partial charge in [-0.3, -0.25) is 9.48 Å². The SMILES string of the molecule is CCc1nn(C)c(CNCC(=O)NCC(C)C)c1Br. The minimum absolute atomic E-state index is 0.0303. The summed E-state index contributed by atoms with van der Waals surface area (Å²) in [6.45, 7) is 7.89. The molecule has 0 fully saturated rings. The summed E-state index contributed by atoms with van der Waals surface area (Å²) in [6, 6.07) is 0. The smallest absolute Gasteiger partial charge is 0.233 e. The van der Waals surface area contributed by atoms with Gasteiger partial charge in [-0.05, 0) is 28.3 Å². The van der Waals surface area contributed by atoms with Crippen molar-refractivity contribution < 1.29 is 4.79 Å². The predicted octanol–water partition coefficient (Wildman–Crippen LogP) is 1.61. The quantitative estimate of drug-likeness (QED) is 0.798. The third-order valence-corrected chi connectivity index (χ3v) is 3.70. The Morgan fingerprint density at radius 2 is 2.16 bits per heavy atom. The number of carbonyl (C=O) groups is 1. The van der Waals surface area contributed by atoms with Gasteiger partial charge in [-0.1, -0.05) is 20.8 Å². The van der Waals surface area contributed by atoms with Crippen molar-refractivity contribution in [3.05, 3.63) is 15.9 Å². The van der Waals surface area contributed by atoms with Gasteiger partial charge in [-0.2, -0.15) is 5.10 Å². The zero-order valence-corrected chi connectivity index (χ0v) is 13.7. The van der Waals surface area contributed by atoms with E-state index in [0.717, 1.165) is 28.8 Å². The maximum Gasteiger partial charge on any atom is 0.233 e. The first-order valence-electron chi connectivity index (χ1n) is 6.63. The van der Waals surface area contributed by atoms with Crippen LogP contribution in [0.25, 0.3) is 0 Å². The van der Waals surface area contributed by atoms with Crippen molar-refractivity contribution in [2.45, 2.75) is 33.7 Å². The second-order valence-electron chi connectivity index (χ2n) is 4.99. The Kier molecular flexibility index (Phi) is 6.51. The molecule has 0 unspecified atom stereocenters. The van der Waals surface area contributed by atoms with E-state index in [1.54, 1.807) is 0 Å². The van der Waals surface area contributed by atoms with Crippen molar-refractivity contribution in [1.29, 1.82) is 0 Å². The lowest BCUT2D eigenvalue weighted by molar-refractivity contribution is -0.120. The lowest BCUT2D eigenvalue weighted by Gasteiger charge is -2.09. The molecule has 1 aromatic heterocycles. The molecule has 0 atom stereocenters. The van der Waals surface area contributed by atoms with E-state index in [1.807, 2.05) is 11.7 Å². The molecule has 0 aliphatic heterocycles. The summed E-state index contributed by atoms with van der Waals surface area (Å²) in [5, 5.41) is 10.4. The fourth-order valence-electron chi connectivity index (χ4n) is 1.69. The van der Waals surface area contributed by atoms with Crippen LogP contribution in [0, 0.1) is 5.92 Å². The van der Waals surface area contributed by atoms with E-state index in [2.05, 4.69) is 52.4 Å². The molecule has 0 aromatic carbocycles. The number of nitrogens with zero attached hydrogens (tertiary/aromatic N) is 2. The second kappa shape index (κ2) is 7.65. The predicted molar refractivity (Wildman–Crippen MR) is 79.8 cm³/mol. The topological polar surface area (TPSA) is 59.0 Å². The number of hydrogen-bond acceptors (Lipinski definition) is 3. The molecular weight excluding hydrogens is 308 g/mol. The van der Waals surface area contributed by atoms with E-state index in [4.69, 9.17) is 0 Å². The van der Waals surface area contributed by atoms with E-state index < -0.39 is 0 Å². The monoisotopic (exact) mass is 330 g/mol. The number of amides is 1. The van der Waals surface area contributed by atoms with Gasteiger partial charge in [0.25, 0.3) is 0 Å². The number of nitrogens with one attached hydrogen (secondary N) is 2. The van der Waals surface area contributed by atoms with Gasteiger partial charge in [0.1, 0.15) is 0 Å². The summed E-state index contributed by atoms with van der Waals surface area (Å²) >= 11 is 3.56. The molecule has 0 aliphatic rings. The highest BCUT2D eigenvalue weighted by atomic mass is 79.9. The average molecular weight is 331 g/mol. The highest BCUT2D eigenvalue weighted by Crippen LogP contribution is 2.21. The van der Waals surface area contributed by atoms with Crippen molar-refractivity contribution in [2.75, 3.05) is 13.1 Å². The van der Waals surface area contributed by atoms with Crippen molar-refractivity contribution in [1.82, 2.24) is 20.4 Å². The Balaban J connectivity index is 2.41. The Labute approximate surface area is 123 Å². The highest BCUT2D eigenvalue weighted by Gasteiger charge is 2.12. The number of halogens is 1. The molecule has 19 heavy (non-hydrogen) atoms. The molecule has 1 aromatic rings. The maximum atomic E-state index is 11.6. The average Bonchev–Trinajstić information content (AvgIpc) is 2.63. The summed E-state index contributed by atoms with van der Waals surface area (Å²) in [5.74, 6) is 0.505. The molecule has 0 saturated heterocycles. The molecule has 108 valence electrons. The summed E-state index contributed by atoms with van der Waals surface area (Å²) in [7, 11) is 1.92. The molecule has 1 amide bonds. The normalized spacial score (nSPS) is 11.1. The van der Waals surface area contributed by atoms with Crippen LogP contribution < -0.4 is 10.6 Å². The first-order valence-corrected chi connectivity index (χ1v) is 7.42. The third kappa shape index (κ3) is 4.95. The Morgan fingerprint density at radius 3 is 2.68 bits per heavy atom. The van der Waals surface area contributed by atoms with Gasteiger partial charge in [-0.15, -0.1) is 0 Å². The number of aryl methyl sites for hydroxylation is 2. The highest BCUT2D eigenvalue weighted by molar-refractivity contribution is 9.10. The van der Waals surface area contributed by atoms with Gasteiger partial charge < -0.3 is 10.6 Å². The van der Waals surface area contributed by atoms with E-state index >= 15 is 0 Å². The first kappa shape index (κ1) is 16.2. The van der Waals surface area contributed by atoms with Crippen LogP contribution in [0.2, 0.25) is 0 Å². The van der Waals surface area contributed by atoms with Crippen LogP contribution in [0.15, 0.2) is 4.47 Å². The van der Waals surface area contributed by atoms with Crippen molar-refractivity contribution in [2.24, 2.45) is 13.0 Å². The number of carbonyl (C=O) groups excluding carboxylic acids is 1. The Hall–Kier alpha value is -0.880. The van der Waals surface area contributed by atoms with Crippen molar-refractivity contribution in [3.8, 4) is 0 Å². The van der Waals surface area contributed by atoms with Crippen molar-refractivity contribution >= 4 is 21.8 Å². The molecule has 0 spiro atoms. The molecule has 5 nitrogen and oxygen atoms in total. The summed E-state index contributed by atoms with van der Waals surface area (Å²) in [6.07, 6.45) is 0.892. The van der Waals surface area contributed by atoms with Crippen LogP contribution in [-0.4, -0.2) is 28.8 Å². The van der Waals surface area contributed by atoms with E-state index in [0.29, 0.717) is 19.0 Å². The minimum Gasteiger partial charge on any atom is -0.355 e. The van der Waals surface area contributed by atoms with Crippen molar-refractivity contribution in [3.63, 3.8) is 0 Å². The van der Waals surface area contributed by atoms with Gasteiger partial charge >= 0.3 is 0 Å². The molecule has 1 heterocycles. The van der Waals surface area contributed by atoms with Crippen LogP contribution in [0.4, 0.5) is 0 Å². The molecule has 6 heteroatoms. The molecular formula is C13H23BrN4O. The molecule has 0 aliphatic carbocycles. The minimum atomic E-state index is 0.0303. The van der Waals surface area contributed by atoms with Gasteiger partial charge in [0.2, 0.25) is 5.91 Å². The molecule has 0 bridgehead atoms. The fraction of sp³-hybridized carbons (Fsp3) is 0.692. The lowest BCUT2D eigenvalue weighted by Crippen LogP contribution is -2.35. The van der Waals surface area contributed by atoms with Crippen LogP contribution in [0.3, 0.4) is 0 Å². The van der Waals surface area contributed by atoms with Gasteiger partial charge in [-0.25, -0.2) is 0 Å². The Bertz CT molecular complexity index is 429. The zero-order chi connectivity index (χ0) is 14.4. The molecule has 0 radical (unpaired) electrons. The lowest BCUT2D eigenvalue weighted by atomic mass is 10.2. The summed E-state index contributed by atoms with van der Waals surface area (Å²) in [5.41, 5.74) is 2.11. The molecule has 1 rings (SSSR count). The second-order valence-corrected chi connectivity index (χ2v) is 5.78. The maximum absolute atomic E-state index is 11.6. The third-order valence-electron chi connectivity index (χ3n) is 2.79. The summed E-state index contributed by atoms with van der Waals surface area (Å²) < 4.78 is 2.88. The standard InChI is InChI=1S/C13H23BrN4O/c1-5-10-13(14)11(18(4)17-10)7-15-8-12(19)16-6-9(2)3/h9,15H,5-8H2,1-4H3,(H,16,19). The zero-order valence-electron chi connectivity index (χ0n) is 12.1. The van der Waals surface area contributed by atoms with Crippen LogP contribution in [-0.2, 0) is 24.8 Å². The number of aromatic nitrogens is 2. The van der Waals surface area contributed by atoms with Gasteiger partial charge in [0.15, 0.2) is 0 Å².